The standard InChI is InChI=1S/C21H20N4S2/c1-2-6-19-18(5-1)21(23-20(22-19)16-7-13-26-15-16)25-10-8-24(9-11-25)14-17-4-3-12-27-17/h1-7,12-13,15H,8-11,14H2. The van der Waals surface area contributed by atoms with Crippen LogP contribution in [0.5, 0.6) is 0 Å². The summed E-state index contributed by atoms with van der Waals surface area (Å²) >= 11 is 3.53. The number of hydrogen-bond acceptors (Lipinski definition) is 6. The quantitative estimate of drug-likeness (QED) is 0.502. The van der Waals surface area contributed by atoms with Gasteiger partial charge in [-0.2, -0.15) is 11.3 Å². The van der Waals surface area contributed by atoms with Crippen molar-refractivity contribution in [2.75, 3.05) is 31.1 Å². The van der Waals surface area contributed by atoms with E-state index >= 15 is 0 Å². The highest BCUT2D eigenvalue weighted by Crippen LogP contribution is 2.29. The van der Waals surface area contributed by atoms with Crippen LogP contribution >= 0.6 is 22.7 Å². The van der Waals surface area contributed by atoms with Crippen LogP contribution in [0.2, 0.25) is 0 Å². The zero-order valence-corrected chi connectivity index (χ0v) is 16.5. The fraction of sp³-hybridized carbons (Fsp3) is 0.238. The van der Waals surface area contributed by atoms with E-state index in [-0.39, 0.29) is 0 Å². The number of thiophene rings is 2. The summed E-state index contributed by atoms with van der Waals surface area (Å²) in [5.74, 6) is 1.89. The summed E-state index contributed by atoms with van der Waals surface area (Å²) in [5, 5.41) is 7.50. The van der Waals surface area contributed by atoms with Crippen molar-refractivity contribution in [1.29, 1.82) is 0 Å². The van der Waals surface area contributed by atoms with Crippen LogP contribution in [0.1, 0.15) is 4.88 Å². The van der Waals surface area contributed by atoms with Gasteiger partial charge in [0.25, 0.3) is 0 Å². The first-order valence-electron chi connectivity index (χ1n) is 9.16. The third-order valence-corrected chi connectivity index (χ3v) is 6.54. The molecular weight excluding hydrogens is 372 g/mol. The minimum Gasteiger partial charge on any atom is -0.353 e. The molecule has 1 aromatic carbocycles. The normalized spacial score (nSPS) is 15.5. The second kappa shape index (κ2) is 7.38. The molecule has 4 heterocycles. The van der Waals surface area contributed by atoms with Crippen molar-refractivity contribution in [3.63, 3.8) is 0 Å². The number of para-hydroxylation sites is 1. The molecule has 1 aliphatic rings. The first kappa shape index (κ1) is 16.9. The molecule has 0 N–H and O–H groups in total. The summed E-state index contributed by atoms with van der Waals surface area (Å²) in [6.07, 6.45) is 0. The zero-order chi connectivity index (χ0) is 18.1. The Morgan fingerprint density at radius 2 is 1.78 bits per heavy atom. The van der Waals surface area contributed by atoms with Gasteiger partial charge in [0.1, 0.15) is 5.82 Å². The molecule has 0 bridgehead atoms. The number of rotatable bonds is 4. The zero-order valence-electron chi connectivity index (χ0n) is 14.9. The van der Waals surface area contributed by atoms with E-state index in [1.54, 1.807) is 11.3 Å². The van der Waals surface area contributed by atoms with E-state index in [0.29, 0.717) is 0 Å². The minimum atomic E-state index is 0.825. The average molecular weight is 393 g/mol. The third kappa shape index (κ3) is 3.48. The molecule has 0 radical (unpaired) electrons. The highest BCUT2D eigenvalue weighted by molar-refractivity contribution is 7.09. The maximum atomic E-state index is 4.97. The third-order valence-electron chi connectivity index (χ3n) is 4.99. The first-order valence-corrected chi connectivity index (χ1v) is 11.0. The lowest BCUT2D eigenvalue weighted by atomic mass is 10.2. The lowest BCUT2D eigenvalue weighted by molar-refractivity contribution is 0.251. The van der Waals surface area contributed by atoms with Gasteiger partial charge >= 0.3 is 0 Å². The Morgan fingerprint density at radius 1 is 0.889 bits per heavy atom. The Bertz CT molecular complexity index is 1020. The molecule has 0 amide bonds. The minimum absolute atomic E-state index is 0.825. The second-order valence-corrected chi connectivity index (χ2v) is 8.55. The Balaban J connectivity index is 1.43. The van der Waals surface area contributed by atoms with Crippen molar-refractivity contribution in [2.45, 2.75) is 6.54 Å². The van der Waals surface area contributed by atoms with E-state index in [9.17, 15) is 0 Å². The maximum Gasteiger partial charge on any atom is 0.162 e. The molecular formula is C21H20N4S2. The molecule has 136 valence electrons. The van der Waals surface area contributed by atoms with Crippen molar-refractivity contribution >= 4 is 39.4 Å². The lowest BCUT2D eigenvalue weighted by Gasteiger charge is -2.35. The lowest BCUT2D eigenvalue weighted by Crippen LogP contribution is -2.46. The van der Waals surface area contributed by atoms with Crippen LogP contribution in [-0.4, -0.2) is 41.0 Å². The molecule has 0 aliphatic carbocycles. The molecule has 0 saturated carbocycles. The number of anilines is 1. The number of piperazine rings is 1. The Hall–Kier alpha value is -2.28. The summed E-state index contributed by atoms with van der Waals surface area (Å²) in [6, 6.07) is 14.8. The van der Waals surface area contributed by atoms with E-state index in [1.807, 2.05) is 11.3 Å². The van der Waals surface area contributed by atoms with Crippen LogP contribution < -0.4 is 4.90 Å². The van der Waals surface area contributed by atoms with Crippen molar-refractivity contribution in [3.05, 3.63) is 63.5 Å². The van der Waals surface area contributed by atoms with Crippen molar-refractivity contribution in [2.24, 2.45) is 0 Å². The number of aromatic nitrogens is 2. The van der Waals surface area contributed by atoms with Gasteiger partial charge in [0, 0.05) is 53.9 Å². The molecule has 5 rings (SSSR count). The summed E-state index contributed by atoms with van der Waals surface area (Å²) < 4.78 is 0. The highest BCUT2D eigenvalue weighted by atomic mass is 32.1. The molecule has 4 nitrogen and oxygen atoms in total. The molecule has 3 aromatic heterocycles. The van der Waals surface area contributed by atoms with Gasteiger partial charge in [-0.05, 0) is 35.0 Å². The van der Waals surface area contributed by atoms with E-state index in [0.717, 1.165) is 60.8 Å². The van der Waals surface area contributed by atoms with Crippen LogP contribution in [-0.2, 0) is 6.54 Å². The van der Waals surface area contributed by atoms with Crippen LogP contribution in [0.4, 0.5) is 5.82 Å². The molecule has 0 atom stereocenters. The first-order chi connectivity index (χ1) is 13.4. The topological polar surface area (TPSA) is 32.3 Å². The predicted molar refractivity (Wildman–Crippen MR) is 115 cm³/mol. The highest BCUT2D eigenvalue weighted by Gasteiger charge is 2.21. The van der Waals surface area contributed by atoms with Gasteiger partial charge in [0.05, 0.1) is 5.52 Å². The van der Waals surface area contributed by atoms with Gasteiger partial charge in [0.2, 0.25) is 0 Å². The molecule has 4 aromatic rings. The van der Waals surface area contributed by atoms with Crippen LogP contribution in [0.3, 0.4) is 0 Å². The molecule has 1 saturated heterocycles. The van der Waals surface area contributed by atoms with Crippen molar-refractivity contribution < 1.29 is 0 Å². The maximum absolute atomic E-state index is 4.97. The summed E-state index contributed by atoms with van der Waals surface area (Å²) in [6.45, 7) is 5.16. The molecule has 27 heavy (non-hydrogen) atoms. The van der Waals surface area contributed by atoms with Gasteiger partial charge in [-0.3, -0.25) is 4.90 Å². The average Bonchev–Trinajstić information content (AvgIpc) is 3.42. The molecule has 6 heteroatoms. The fourth-order valence-electron chi connectivity index (χ4n) is 3.56. The van der Waals surface area contributed by atoms with Crippen molar-refractivity contribution in [1.82, 2.24) is 14.9 Å². The summed E-state index contributed by atoms with van der Waals surface area (Å²) in [7, 11) is 0. The Kier molecular flexibility index (Phi) is 4.61. The van der Waals surface area contributed by atoms with Crippen LogP contribution in [0.15, 0.2) is 58.6 Å². The number of hydrogen-bond donors (Lipinski definition) is 0. The SMILES string of the molecule is c1csc(CN2CCN(c3nc(-c4ccsc4)nc4ccccc34)CC2)c1. The van der Waals surface area contributed by atoms with Gasteiger partial charge in [0.15, 0.2) is 5.82 Å². The smallest absolute Gasteiger partial charge is 0.162 e. The number of fused-ring (bicyclic) bond motifs is 1. The van der Waals surface area contributed by atoms with Gasteiger partial charge in [-0.1, -0.05) is 18.2 Å². The molecule has 1 fully saturated rings. The second-order valence-electron chi connectivity index (χ2n) is 6.74. The largest absolute Gasteiger partial charge is 0.353 e. The van der Waals surface area contributed by atoms with E-state index in [2.05, 4.69) is 68.4 Å². The molecule has 0 spiro atoms. The van der Waals surface area contributed by atoms with Crippen LogP contribution in [0, 0.1) is 0 Å². The monoisotopic (exact) mass is 392 g/mol. The van der Waals surface area contributed by atoms with Crippen LogP contribution in [0.25, 0.3) is 22.3 Å². The summed E-state index contributed by atoms with van der Waals surface area (Å²) in [5.41, 5.74) is 2.12. The van der Waals surface area contributed by atoms with E-state index in [4.69, 9.17) is 9.97 Å². The number of benzene rings is 1. The van der Waals surface area contributed by atoms with Crippen molar-refractivity contribution in [3.8, 4) is 11.4 Å². The molecule has 1 aliphatic heterocycles. The van der Waals surface area contributed by atoms with Gasteiger partial charge in [-0.15, -0.1) is 11.3 Å². The number of nitrogens with zero attached hydrogens (tertiary/aromatic N) is 4. The van der Waals surface area contributed by atoms with E-state index < -0.39 is 0 Å². The fourth-order valence-corrected chi connectivity index (χ4v) is 4.94. The Labute approximate surface area is 166 Å². The van der Waals surface area contributed by atoms with Gasteiger partial charge < -0.3 is 4.90 Å². The van der Waals surface area contributed by atoms with E-state index in [1.165, 1.54) is 4.88 Å². The Morgan fingerprint density at radius 3 is 2.56 bits per heavy atom. The molecule has 0 unspecified atom stereocenters. The summed E-state index contributed by atoms with van der Waals surface area (Å²) in [4.78, 5) is 16.2. The predicted octanol–water partition coefficient (Wildman–Crippen LogP) is 4.74. The van der Waals surface area contributed by atoms with Gasteiger partial charge in [-0.25, -0.2) is 9.97 Å².